The number of hydrogen-bond acceptors (Lipinski definition) is 2. The van der Waals surface area contributed by atoms with E-state index in [9.17, 15) is 4.79 Å². The molecule has 0 bridgehead atoms. The maximum atomic E-state index is 11.7. The molecule has 2 aliphatic rings. The van der Waals surface area contributed by atoms with Gasteiger partial charge < -0.3 is 16.0 Å². The summed E-state index contributed by atoms with van der Waals surface area (Å²) in [6.45, 7) is 5.22. The fourth-order valence-corrected chi connectivity index (χ4v) is 2.67. The van der Waals surface area contributed by atoms with Crippen LogP contribution in [0.4, 0.5) is 4.79 Å². The summed E-state index contributed by atoms with van der Waals surface area (Å²) in [5.74, 6) is 0. The van der Waals surface area contributed by atoms with Crippen molar-refractivity contribution in [2.24, 2.45) is 5.41 Å². The Labute approximate surface area is 104 Å². The average Bonchev–Trinajstić information content (AvgIpc) is 2.32. The number of hydrogen-bond donors (Lipinski definition) is 3. The molecule has 17 heavy (non-hydrogen) atoms. The van der Waals surface area contributed by atoms with E-state index in [1.807, 2.05) is 0 Å². The van der Waals surface area contributed by atoms with Gasteiger partial charge in [0.15, 0.2) is 0 Å². The normalized spacial score (nSPS) is 23.8. The largest absolute Gasteiger partial charge is 0.338 e. The molecule has 0 spiro atoms. The second kappa shape index (κ2) is 5.71. The van der Waals surface area contributed by atoms with Crippen LogP contribution in [0, 0.1) is 5.41 Å². The first-order chi connectivity index (χ1) is 8.24. The van der Waals surface area contributed by atoms with E-state index in [2.05, 4.69) is 22.9 Å². The smallest absolute Gasteiger partial charge is 0.315 e. The van der Waals surface area contributed by atoms with Crippen LogP contribution in [0.2, 0.25) is 0 Å². The summed E-state index contributed by atoms with van der Waals surface area (Å²) in [5.41, 5.74) is 0.322. The van der Waals surface area contributed by atoms with Crippen molar-refractivity contribution in [3.8, 4) is 0 Å². The molecule has 1 aliphatic carbocycles. The number of piperidine rings is 1. The van der Waals surface area contributed by atoms with Gasteiger partial charge in [-0.15, -0.1) is 0 Å². The van der Waals surface area contributed by atoms with Gasteiger partial charge in [-0.05, 0) is 57.0 Å². The van der Waals surface area contributed by atoms with E-state index in [4.69, 9.17) is 0 Å². The van der Waals surface area contributed by atoms with Crippen LogP contribution in [0.25, 0.3) is 0 Å². The molecule has 0 radical (unpaired) electrons. The second-order valence-corrected chi connectivity index (χ2v) is 5.56. The molecule has 4 nitrogen and oxygen atoms in total. The topological polar surface area (TPSA) is 53.2 Å². The Bertz CT molecular complexity index is 257. The van der Waals surface area contributed by atoms with Crippen LogP contribution in [-0.2, 0) is 0 Å². The van der Waals surface area contributed by atoms with Crippen LogP contribution in [0.15, 0.2) is 0 Å². The van der Waals surface area contributed by atoms with Crippen LogP contribution in [0.1, 0.15) is 45.4 Å². The van der Waals surface area contributed by atoms with Gasteiger partial charge in [0, 0.05) is 12.6 Å². The maximum absolute atomic E-state index is 11.7. The molecule has 0 aromatic heterocycles. The van der Waals surface area contributed by atoms with Gasteiger partial charge in [-0.3, -0.25) is 0 Å². The Morgan fingerprint density at radius 2 is 2.06 bits per heavy atom. The lowest BCUT2D eigenvalue weighted by Gasteiger charge is -2.37. The fourth-order valence-electron chi connectivity index (χ4n) is 2.67. The van der Waals surface area contributed by atoms with Crippen molar-refractivity contribution in [2.75, 3.05) is 19.6 Å². The zero-order valence-electron chi connectivity index (χ0n) is 10.8. The molecular formula is C13H25N3O. The zero-order valence-corrected chi connectivity index (χ0v) is 10.8. The van der Waals surface area contributed by atoms with Crippen LogP contribution in [-0.4, -0.2) is 31.7 Å². The van der Waals surface area contributed by atoms with Gasteiger partial charge in [0.1, 0.15) is 0 Å². The lowest BCUT2D eigenvalue weighted by molar-refractivity contribution is 0.179. The fraction of sp³-hybridized carbons (Fsp3) is 0.923. The number of carbonyl (C=O) groups excluding carboxylic acids is 1. The van der Waals surface area contributed by atoms with Gasteiger partial charge in [0.2, 0.25) is 0 Å². The molecule has 1 saturated carbocycles. The molecule has 1 saturated heterocycles. The van der Waals surface area contributed by atoms with Gasteiger partial charge in [0.25, 0.3) is 0 Å². The summed E-state index contributed by atoms with van der Waals surface area (Å²) < 4.78 is 0. The first-order valence-electron chi connectivity index (χ1n) is 6.99. The standard InChI is InChI=1S/C13H25N3O/c1-2-13(6-8-14-9-7-13)10-15-12(17)16-11-4-3-5-11/h11,14H,2-10H2,1H3,(H2,15,16,17). The molecule has 1 heterocycles. The van der Waals surface area contributed by atoms with E-state index < -0.39 is 0 Å². The zero-order chi connectivity index (χ0) is 12.1. The first kappa shape index (κ1) is 12.7. The van der Waals surface area contributed by atoms with Gasteiger partial charge in [-0.1, -0.05) is 6.92 Å². The highest BCUT2D eigenvalue weighted by molar-refractivity contribution is 5.74. The first-order valence-corrected chi connectivity index (χ1v) is 6.99. The summed E-state index contributed by atoms with van der Waals surface area (Å²) in [7, 11) is 0. The molecule has 2 amide bonds. The lowest BCUT2D eigenvalue weighted by Crippen LogP contribution is -2.50. The van der Waals surface area contributed by atoms with Crippen LogP contribution >= 0.6 is 0 Å². The molecular weight excluding hydrogens is 214 g/mol. The highest BCUT2D eigenvalue weighted by Gasteiger charge is 2.30. The third kappa shape index (κ3) is 3.35. The maximum Gasteiger partial charge on any atom is 0.315 e. The highest BCUT2D eigenvalue weighted by atomic mass is 16.2. The highest BCUT2D eigenvalue weighted by Crippen LogP contribution is 2.31. The summed E-state index contributed by atoms with van der Waals surface area (Å²) in [5, 5.41) is 9.48. The number of nitrogens with one attached hydrogen (secondary N) is 3. The van der Waals surface area contributed by atoms with Crippen LogP contribution < -0.4 is 16.0 Å². The molecule has 2 rings (SSSR count). The van der Waals surface area contributed by atoms with Crippen LogP contribution in [0.3, 0.4) is 0 Å². The van der Waals surface area contributed by atoms with Crippen molar-refractivity contribution < 1.29 is 4.79 Å². The Morgan fingerprint density at radius 1 is 1.35 bits per heavy atom. The Kier molecular flexibility index (Phi) is 4.26. The number of carbonyl (C=O) groups is 1. The lowest BCUT2D eigenvalue weighted by atomic mass is 9.76. The van der Waals surface area contributed by atoms with Crippen molar-refractivity contribution in [3.05, 3.63) is 0 Å². The summed E-state index contributed by atoms with van der Waals surface area (Å²) in [6, 6.07) is 0.460. The molecule has 0 atom stereocenters. The van der Waals surface area contributed by atoms with E-state index in [0.717, 1.165) is 38.9 Å². The Morgan fingerprint density at radius 3 is 2.59 bits per heavy atom. The second-order valence-electron chi connectivity index (χ2n) is 5.56. The minimum Gasteiger partial charge on any atom is -0.338 e. The molecule has 1 aliphatic heterocycles. The predicted octanol–water partition coefficient (Wildman–Crippen LogP) is 1.62. The minimum atomic E-state index is 0.0288. The number of urea groups is 1. The monoisotopic (exact) mass is 239 g/mol. The quantitative estimate of drug-likeness (QED) is 0.698. The third-order valence-corrected chi connectivity index (χ3v) is 4.48. The third-order valence-electron chi connectivity index (χ3n) is 4.48. The number of rotatable bonds is 4. The van der Waals surface area contributed by atoms with E-state index in [1.165, 1.54) is 19.3 Å². The van der Waals surface area contributed by atoms with E-state index in [-0.39, 0.29) is 6.03 Å². The SMILES string of the molecule is CCC1(CNC(=O)NC2CCC2)CCNCC1. The average molecular weight is 239 g/mol. The molecule has 98 valence electrons. The molecule has 0 aromatic carbocycles. The number of amides is 2. The van der Waals surface area contributed by atoms with E-state index in [0.29, 0.717) is 11.5 Å². The molecule has 2 fully saturated rings. The van der Waals surface area contributed by atoms with Gasteiger partial charge in [-0.2, -0.15) is 0 Å². The minimum absolute atomic E-state index is 0.0288. The summed E-state index contributed by atoms with van der Waals surface area (Å²) in [6.07, 6.45) is 7.06. The summed E-state index contributed by atoms with van der Waals surface area (Å²) in [4.78, 5) is 11.7. The molecule has 3 N–H and O–H groups in total. The van der Waals surface area contributed by atoms with Crippen molar-refractivity contribution in [2.45, 2.75) is 51.5 Å². The van der Waals surface area contributed by atoms with Crippen LogP contribution in [0.5, 0.6) is 0 Å². The van der Waals surface area contributed by atoms with Crippen molar-refractivity contribution in [3.63, 3.8) is 0 Å². The van der Waals surface area contributed by atoms with Crippen molar-refractivity contribution in [1.29, 1.82) is 0 Å². The Hall–Kier alpha value is -0.770. The van der Waals surface area contributed by atoms with Gasteiger partial charge in [0.05, 0.1) is 0 Å². The van der Waals surface area contributed by atoms with Gasteiger partial charge >= 0.3 is 6.03 Å². The Balaban J connectivity index is 1.72. The molecule has 0 aromatic rings. The van der Waals surface area contributed by atoms with E-state index >= 15 is 0 Å². The van der Waals surface area contributed by atoms with E-state index in [1.54, 1.807) is 0 Å². The van der Waals surface area contributed by atoms with Crippen molar-refractivity contribution >= 4 is 6.03 Å². The van der Waals surface area contributed by atoms with Gasteiger partial charge in [-0.25, -0.2) is 4.79 Å². The van der Waals surface area contributed by atoms with Crippen molar-refractivity contribution in [1.82, 2.24) is 16.0 Å². The molecule has 4 heteroatoms. The summed E-state index contributed by atoms with van der Waals surface area (Å²) >= 11 is 0. The predicted molar refractivity (Wildman–Crippen MR) is 69.0 cm³/mol. The molecule has 0 unspecified atom stereocenters.